The molecule has 0 aliphatic heterocycles. The number of amides is 1. The Labute approximate surface area is 108 Å². The number of alkyl halides is 3. The van der Waals surface area contributed by atoms with Crippen molar-refractivity contribution in [1.82, 2.24) is 0 Å². The SMILES string of the molecule is COc1ccc(NC(=O)CC(F)(F)F)cc1N.Cl. The van der Waals surface area contributed by atoms with Crippen LogP contribution in [-0.2, 0) is 4.79 Å². The molecule has 0 atom stereocenters. The lowest BCUT2D eigenvalue weighted by Crippen LogP contribution is -2.21. The summed E-state index contributed by atoms with van der Waals surface area (Å²) in [6.07, 6.45) is -6.05. The average molecular weight is 285 g/mol. The Morgan fingerprint density at radius 2 is 2.06 bits per heavy atom. The summed E-state index contributed by atoms with van der Waals surface area (Å²) in [4.78, 5) is 11.0. The molecule has 1 aromatic carbocycles. The van der Waals surface area contributed by atoms with Gasteiger partial charge in [0.15, 0.2) is 0 Å². The molecule has 4 nitrogen and oxygen atoms in total. The molecule has 1 aromatic rings. The van der Waals surface area contributed by atoms with Crippen LogP contribution in [0.15, 0.2) is 18.2 Å². The first-order valence-electron chi connectivity index (χ1n) is 4.62. The van der Waals surface area contributed by atoms with Crippen LogP contribution >= 0.6 is 12.4 Å². The van der Waals surface area contributed by atoms with Crippen molar-refractivity contribution in [2.24, 2.45) is 0 Å². The quantitative estimate of drug-likeness (QED) is 0.839. The van der Waals surface area contributed by atoms with Gasteiger partial charge < -0.3 is 15.8 Å². The van der Waals surface area contributed by atoms with Crippen LogP contribution in [0.3, 0.4) is 0 Å². The standard InChI is InChI=1S/C10H11F3N2O2.ClH/c1-17-8-3-2-6(4-7(8)14)15-9(16)5-10(11,12)13;/h2-4H,5,14H2,1H3,(H,15,16);1H. The molecule has 0 fully saturated rings. The van der Waals surface area contributed by atoms with Crippen LogP contribution in [0.25, 0.3) is 0 Å². The molecule has 0 aliphatic carbocycles. The summed E-state index contributed by atoms with van der Waals surface area (Å²) >= 11 is 0. The zero-order valence-electron chi connectivity index (χ0n) is 9.38. The molecule has 3 N–H and O–H groups in total. The number of nitrogens with two attached hydrogens (primary N) is 1. The number of carbonyl (C=O) groups excluding carboxylic acids is 1. The van der Waals surface area contributed by atoms with E-state index >= 15 is 0 Å². The average Bonchev–Trinajstić information content (AvgIpc) is 2.14. The highest BCUT2D eigenvalue weighted by atomic mass is 35.5. The maximum absolute atomic E-state index is 11.9. The van der Waals surface area contributed by atoms with Gasteiger partial charge in [-0.05, 0) is 18.2 Å². The monoisotopic (exact) mass is 284 g/mol. The summed E-state index contributed by atoms with van der Waals surface area (Å²) in [5.41, 5.74) is 5.96. The number of carbonyl (C=O) groups is 1. The van der Waals surface area contributed by atoms with Crippen LogP contribution in [0.4, 0.5) is 24.5 Å². The lowest BCUT2D eigenvalue weighted by molar-refractivity contribution is -0.150. The third-order valence-electron chi connectivity index (χ3n) is 1.87. The number of anilines is 2. The molecule has 0 saturated carbocycles. The third kappa shape index (κ3) is 5.13. The van der Waals surface area contributed by atoms with E-state index in [1.807, 2.05) is 0 Å². The highest BCUT2D eigenvalue weighted by molar-refractivity contribution is 5.91. The fraction of sp³-hybridized carbons (Fsp3) is 0.300. The van der Waals surface area contributed by atoms with Crippen molar-refractivity contribution in [3.8, 4) is 5.75 Å². The Hall–Kier alpha value is -1.63. The van der Waals surface area contributed by atoms with Crippen molar-refractivity contribution in [2.45, 2.75) is 12.6 Å². The largest absolute Gasteiger partial charge is 0.495 e. The van der Waals surface area contributed by atoms with E-state index in [0.717, 1.165) is 0 Å². The predicted molar refractivity (Wildman–Crippen MR) is 64.0 cm³/mol. The Morgan fingerprint density at radius 3 is 2.50 bits per heavy atom. The van der Waals surface area contributed by atoms with Gasteiger partial charge in [-0.3, -0.25) is 4.79 Å². The molecule has 1 rings (SSSR count). The van der Waals surface area contributed by atoms with E-state index in [0.29, 0.717) is 5.75 Å². The van der Waals surface area contributed by atoms with Crippen molar-refractivity contribution in [3.63, 3.8) is 0 Å². The molecule has 18 heavy (non-hydrogen) atoms. The number of ether oxygens (including phenoxy) is 1. The Bertz CT molecular complexity index is 424. The molecule has 0 aliphatic rings. The minimum atomic E-state index is -4.53. The number of rotatable bonds is 3. The van der Waals surface area contributed by atoms with Crippen LogP contribution in [0.5, 0.6) is 5.75 Å². The summed E-state index contributed by atoms with van der Waals surface area (Å²) < 4.78 is 40.6. The van der Waals surface area contributed by atoms with Gasteiger partial charge in [-0.15, -0.1) is 12.4 Å². The molecule has 0 bridgehead atoms. The smallest absolute Gasteiger partial charge is 0.397 e. The Morgan fingerprint density at radius 1 is 1.44 bits per heavy atom. The predicted octanol–water partition coefficient (Wildman–Crippen LogP) is 2.59. The van der Waals surface area contributed by atoms with E-state index in [1.54, 1.807) is 0 Å². The van der Waals surface area contributed by atoms with E-state index in [4.69, 9.17) is 10.5 Å². The first kappa shape index (κ1) is 16.4. The second-order valence-corrected chi connectivity index (χ2v) is 3.30. The van der Waals surface area contributed by atoms with Gasteiger partial charge in [0.1, 0.15) is 12.2 Å². The van der Waals surface area contributed by atoms with Gasteiger partial charge in [0.05, 0.1) is 12.8 Å². The van der Waals surface area contributed by atoms with Crippen LogP contribution in [-0.4, -0.2) is 19.2 Å². The summed E-state index contributed by atoms with van der Waals surface area (Å²) in [7, 11) is 1.41. The molecule has 0 saturated heterocycles. The minimum Gasteiger partial charge on any atom is -0.495 e. The van der Waals surface area contributed by atoms with Gasteiger partial charge >= 0.3 is 6.18 Å². The van der Waals surface area contributed by atoms with Crippen molar-refractivity contribution < 1.29 is 22.7 Å². The lowest BCUT2D eigenvalue weighted by atomic mass is 10.2. The Balaban J connectivity index is 0.00000289. The highest BCUT2D eigenvalue weighted by Crippen LogP contribution is 2.25. The van der Waals surface area contributed by atoms with Gasteiger partial charge in [-0.2, -0.15) is 13.2 Å². The van der Waals surface area contributed by atoms with E-state index in [-0.39, 0.29) is 23.8 Å². The number of hydrogen-bond donors (Lipinski definition) is 2. The number of nitrogens with one attached hydrogen (secondary N) is 1. The number of nitrogen functional groups attached to an aromatic ring is 1. The topological polar surface area (TPSA) is 64.3 Å². The minimum absolute atomic E-state index is 0. The zero-order valence-corrected chi connectivity index (χ0v) is 10.2. The second-order valence-electron chi connectivity index (χ2n) is 3.30. The zero-order chi connectivity index (χ0) is 13.1. The third-order valence-corrected chi connectivity index (χ3v) is 1.87. The number of benzene rings is 1. The normalized spacial score (nSPS) is 10.4. The summed E-state index contributed by atoms with van der Waals surface area (Å²) in [6, 6.07) is 4.19. The number of methoxy groups -OCH3 is 1. The van der Waals surface area contributed by atoms with Crippen LogP contribution < -0.4 is 15.8 Å². The van der Waals surface area contributed by atoms with Crippen LogP contribution in [0.2, 0.25) is 0 Å². The van der Waals surface area contributed by atoms with Crippen molar-refractivity contribution in [2.75, 3.05) is 18.2 Å². The van der Waals surface area contributed by atoms with Crippen molar-refractivity contribution in [3.05, 3.63) is 18.2 Å². The maximum Gasteiger partial charge on any atom is 0.397 e. The van der Waals surface area contributed by atoms with Gasteiger partial charge in [-0.1, -0.05) is 0 Å². The summed E-state index contributed by atoms with van der Waals surface area (Å²) in [5, 5.41) is 2.10. The summed E-state index contributed by atoms with van der Waals surface area (Å²) in [5.74, 6) is -0.749. The number of hydrogen-bond acceptors (Lipinski definition) is 3. The van der Waals surface area contributed by atoms with Gasteiger partial charge in [0, 0.05) is 5.69 Å². The fourth-order valence-corrected chi connectivity index (χ4v) is 1.20. The van der Waals surface area contributed by atoms with Gasteiger partial charge in [-0.25, -0.2) is 0 Å². The first-order valence-corrected chi connectivity index (χ1v) is 4.62. The van der Waals surface area contributed by atoms with E-state index < -0.39 is 18.5 Å². The van der Waals surface area contributed by atoms with Crippen molar-refractivity contribution in [1.29, 1.82) is 0 Å². The molecule has 0 heterocycles. The molecule has 0 aromatic heterocycles. The molecule has 0 radical (unpaired) electrons. The molecule has 0 spiro atoms. The molecular weight excluding hydrogens is 273 g/mol. The molecular formula is C10H12ClF3N2O2. The van der Waals surface area contributed by atoms with Crippen LogP contribution in [0, 0.1) is 0 Å². The molecule has 102 valence electrons. The lowest BCUT2D eigenvalue weighted by Gasteiger charge is -2.10. The van der Waals surface area contributed by atoms with E-state index in [9.17, 15) is 18.0 Å². The Kier molecular flexibility index (Phi) is 5.77. The van der Waals surface area contributed by atoms with Gasteiger partial charge in [0.25, 0.3) is 0 Å². The molecule has 8 heteroatoms. The van der Waals surface area contributed by atoms with Crippen LogP contribution in [0.1, 0.15) is 6.42 Å². The highest BCUT2D eigenvalue weighted by Gasteiger charge is 2.31. The second kappa shape index (κ2) is 6.34. The fourth-order valence-electron chi connectivity index (χ4n) is 1.20. The maximum atomic E-state index is 11.9. The first-order chi connectivity index (χ1) is 7.81. The number of halogens is 4. The molecule has 1 amide bonds. The van der Waals surface area contributed by atoms with Gasteiger partial charge in [0.2, 0.25) is 5.91 Å². The molecule has 0 unspecified atom stereocenters. The van der Waals surface area contributed by atoms with E-state index in [2.05, 4.69) is 5.32 Å². The summed E-state index contributed by atoms with van der Waals surface area (Å²) in [6.45, 7) is 0. The van der Waals surface area contributed by atoms with E-state index in [1.165, 1.54) is 25.3 Å². The van der Waals surface area contributed by atoms with Crippen molar-refractivity contribution >= 4 is 29.7 Å².